The fourth-order valence-corrected chi connectivity index (χ4v) is 8.69. The van der Waals surface area contributed by atoms with E-state index in [1.54, 1.807) is 0 Å². The molecule has 1 atom stereocenters. The predicted molar refractivity (Wildman–Crippen MR) is 207 cm³/mol. The van der Waals surface area contributed by atoms with E-state index >= 15 is 8.78 Å². The summed E-state index contributed by atoms with van der Waals surface area (Å²) >= 11 is 0. The Morgan fingerprint density at radius 1 is 0.903 bits per heavy atom. The summed E-state index contributed by atoms with van der Waals surface area (Å²) in [6, 6.07) is 5.05. The number of alkyl halides is 9. The Kier molecular flexibility index (Phi) is 12.2. The molecule has 8 rings (SSSR count). The number of aromatic hydroxyl groups is 1. The van der Waals surface area contributed by atoms with Gasteiger partial charge in [0.15, 0.2) is 5.82 Å². The largest absolute Gasteiger partial charge is 0.508 e. The summed E-state index contributed by atoms with van der Waals surface area (Å²) in [6.07, 6.45) is -12.3. The van der Waals surface area contributed by atoms with Crippen molar-refractivity contribution in [1.29, 1.82) is 0 Å². The quantitative estimate of drug-likeness (QED) is 0.126. The minimum atomic E-state index is -6.79. The van der Waals surface area contributed by atoms with Crippen molar-refractivity contribution in [2.75, 3.05) is 57.4 Å². The van der Waals surface area contributed by atoms with Gasteiger partial charge >= 0.3 is 30.1 Å². The lowest BCUT2D eigenvalue weighted by atomic mass is 9.95. The van der Waals surface area contributed by atoms with E-state index in [1.165, 1.54) is 18.2 Å². The van der Waals surface area contributed by atoms with E-state index in [0.29, 0.717) is 74.1 Å². The Morgan fingerprint density at radius 2 is 1.58 bits per heavy atom. The summed E-state index contributed by atoms with van der Waals surface area (Å²) in [6.45, 7) is 5.18. The monoisotopic (exact) mass is 888 g/mol. The van der Waals surface area contributed by atoms with Gasteiger partial charge in [0.2, 0.25) is 0 Å². The van der Waals surface area contributed by atoms with Crippen LogP contribution in [0.4, 0.5) is 54.1 Å². The highest BCUT2D eigenvalue weighted by Crippen LogP contribution is 2.55. The number of rotatable bonds is 9. The van der Waals surface area contributed by atoms with Gasteiger partial charge in [-0.15, -0.1) is 6.42 Å². The lowest BCUT2D eigenvalue weighted by molar-refractivity contribution is -0.458. The second kappa shape index (κ2) is 16.8. The van der Waals surface area contributed by atoms with E-state index < -0.39 is 53.7 Å². The first-order valence-corrected chi connectivity index (χ1v) is 20.2. The van der Waals surface area contributed by atoms with Crippen molar-refractivity contribution < 1.29 is 62.9 Å². The molecule has 2 saturated heterocycles. The average Bonchev–Trinajstić information content (AvgIpc) is 4.00. The predicted octanol–water partition coefficient (Wildman–Crippen LogP) is 8.87. The van der Waals surface area contributed by atoms with Crippen LogP contribution in [0.2, 0.25) is 0 Å². The van der Waals surface area contributed by atoms with E-state index in [4.69, 9.17) is 21.1 Å². The van der Waals surface area contributed by atoms with Crippen molar-refractivity contribution in [2.24, 2.45) is 11.3 Å². The zero-order chi connectivity index (χ0) is 45.0. The molecule has 2 aromatic carbocycles. The standard InChI is InChI=1S/C40H37F11N6O3.C2H6/c1-2-25-27(41)5-3-22-15-24(58)16-26(29(22)25)32-31(42)33-30-28(53-32)6-4-23-17-52-11-14-57(23)34(30)55-35(54-33)59-20-36(9-10-36)19-56-12-7-21(8-13-56)18-60-37(38(43,44)45,39(46,47)48)40(49,50)51;1-2/h1,3,5,15-16,21,23,52,58H,4,6-14,17-20H2;1-2H3. The summed E-state index contributed by atoms with van der Waals surface area (Å²) in [7, 11) is 0. The third-order valence-corrected chi connectivity index (χ3v) is 12.1. The van der Waals surface area contributed by atoms with Crippen LogP contribution in [0, 0.1) is 35.3 Å². The van der Waals surface area contributed by atoms with Crippen LogP contribution in [0.1, 0.15) is 57.2 Å². The van der Waals surface area contributed by atoms with Crippen molar-refractivity contribution in [3.63, 3.8) is 0 Å². The van der Waals surface area contributed by atoms with Crippen LogP contribution < -0.4 is 15.0 Å². The van der Waals surface area contributed by atoms with Crippen molar-refractivity contribution in [3.8, 4) is 35.4 Å². The smallest absolute Gasteiger partial charge is 0.435 e. The second-order valence-electron chi connectivity index (χ2n) is 16.0. The Bertz CT molecular complexity index is 2320. The molecule has 0 amide bonds. The zero-order valence-corrected chi connectivity index (χ0v) is 33.6. The van der Waals surface area contributed by atoms with Crippen LogP contribution >= 0.6 is 0 Å². The molecule has 4 aromatic rings. The first-order valence-electron chi connectivity index (χ1n) is 20.2. The minimum Gasteiger partial charge on any atom is -0.508 e. The molecule has 3 aliphatic heterocycles. The van der Waals surface area contributed by atoms with Crippen LogP contribution in [0.15, 0.2) is 24.3 Å². The van der Waals surface area contributed by atoms with Gasteiger partial charge in [-0.05, 0) is 81.1 Å². The molecule has 336 valence electrons. The number of hydrogen-bond donors (Lipinski definition) is 2. The third-order valence-electron chi connectivity index (χ3n) is 12.1. The summed E-state index contributed by atoms with van der Waals surface area (Å²) in [5.41, 5.74) is -6.67. The van der Waals surface area contributed by atoms with E-state index in [2.05, 4.69) is 25.9 Å². The first-order chi connectivity index (χ1) is 29.3. The van der Waals surface area contributed by atoms with Gasteiger partial charge in [-0.3, -0.25) is 0 Å². The number of likely N-dealkylation sites (tertiary alicyclic amines) is 1. The lowest BCUT2D eigenvalue weighted by Crippen LogP contribution is -2.68. The topological polar surface area (TPSA) is 95.9 Å². The molecule has 0 spiro atoms. The number of nitrogens with zero attached hydrogens (tertiary/aromatic N) is 5. The highest BCUT2D eigenvalue weighted by molar-refractivity contribution is 6.03. The van der Waals surface area contributed by atoms with Gasteiger partial charge in [0.25, 0.3) is 0 Å². The number of aryl methyl sites for hydroxylation is 1. The molecule has 20 heteroatoms. The maximum absolute atomic E-state index is 17.1. The molecule has 62 heavy (non-hydrogen) atoms. The number of phenols is 1. The number of pyridine rings is 1. The number of hydrogen-bond acceptors (Lipinski definition) is 9. The minimum absolute atomic E-state index is 0.00841. The normalized spacial score (nSPS) is 19.7. The van der Waals surface area contributed by atoms with Gasteiger partial charge in [-0.1, -0.05) is 25.8 Å². The van der Waals surface area contributed by atoms with E-state index in [1.807, 2.05) is 18.7 Å². The van der Waals surface area contributed by atoms with Gasteiger partial charge in [0.1, 0.15) is 28.6 Å². The van der Waals surface area contributed by atoms with Crippen LogP contribution in [0.5, 0.6) is 11.8 Å². The number of aromatic nitrogens is 3. The molecular weight excluding hydrogens is 845 g/mol. The van der Waals surface area contributed by atoms with Crippen LogP contribution in [-0.2, 0) is 11.2 Å². The highest BCUT2D eigenvalue weighted by Gasteiger charge is 2.85. The molecule has 2 aromatic heterocycles. The molecule has 2 N–H and O–H groups in total. The molecule has 9 nitrogen and oxygen atoms in total. The number of halogens is 11. The SMILES string of the molecule is C#Cc1c(F)ccc2cc(O)cc(-c3nc4c5c(nc(OCC6(CN7CCC(COC(C(F)(F)F)(C(F)(F)F)C(F)(F)F)CC7)CC6)nc5c3F)N3CCNCC3CC4)c12.CC. The summed E-state index contributed by atoms with van der Waals surface area (Å²) in [5.74, 6) is -0.0574. The Hall–Kier alpha value is -4.74. The maximum atomic E-state index is 17.1. The van der Waals surface area contributed by atoms with Gasteiger partial charge in [-0.2, -0.15) is 49.5 Å². The van der Waals surface area contributed by atoms with E-state index in [0.717, 1.165) is 6.07 Å². The Morgan fingerprint density at radius 3 is 2.21 bits per heavy atom. The van der Waals surface area contributed by atoms with Gasteiger partial charge in [-0.25, -0.2) is 13.8 Å². The Labute approximate surface area is 349 Å². The van der Waals surface area contributed by atoms with Crippen molar-refractivity contribution in [3.05, 3.63) is 47.2 Å². The zero-order valence-electron chi connectivity index (χ0n) is 33.6. The van der Waals surface area contributed by atoms with Gasteiger partial charge in [0, 0.05) is 48.6 Å². The number of benzene rings is 2. The number of piperazine rings is 1. The molecule has 1 saturated carbocycles. The van der Waals surface area contributed by atoms with Gasteiger partial charge < -0.3 is 29.7 Å². The summed E-state index contributed by atoms with van der Waals surface area (Å²) < 4.78 is 162. The number of terminal acetylenes is 1. The number of phenolic OH excluding ortho intramolecular Hbond substituents is 1. The number of piperidine rings is 1. The number of nitrogens with one attached hydrogen (secondary N) is 1. The molecule has 1 aliphatic carbocycles. The fourth-order valence-electron chi connectivity index (χ4n) is 8.69. The second-order valence-corrected chi connectivity index (χ2v) is 16.0. The maximum Gasteiger partial charge on any atom is 0.435 e. The van der Waals surface area contributed by atoms with Gasteiger partial charge in [0.05, 0.1) is 29.9 Å². The third kappa shape index (κ3) is 8.15. The number of ether oxygens (including phenoxy) is 2. The first kappa shape index (κ1) is 45.3. The van der Waals surface area contributed by atoms with Crippen LogP contribution in [0.25, 0.3) is 32.9 Å². The van der Waals surface area contributed by atoms with E-state index in [-0.39, 0.29) is 78.1 Å². The van der Waals surface area contributed by atoms with E-state index in [9.17, 15) is 44.6 Å². The lowest BCUT2D eigenvalue weighted by Gasteiger charge is -2.40. The summed E-state index contributed by atoms with van der Waals surface area (Å²) in [4.78, 5) is 18.1. The highest BCUT2D eigenvalue weighted by atomic mass is 19.4. The van der Waals surface area contributed by atoms with Crippen molar-refractivity contribution in [2.45, 2.75) is 82.5 Å². The van der Waals surface area contributed by atoms with Crippen molar-refractivity contribution >= 4 is 27.5 Å². The molecule has 1 unspecified atom stereocenters. The van der Waals surface area contributed by atoms with Crippen LogP contribution in [0.3, 0.4) is 0 Å². The summed E-state index contributed by atoms with van der Waals surface area (Å²) in [5, 5.41) is 14.9. The molecular formula is C42H43F11N6O3. The fraction of sp³-hybridized carbons (Fsp3) is 0.548. The Balaban J connectivity index is 0.00000285. The molecule has 0 radical (unpaired) electrons. The molecule has 4 aliphatic rings. The molecule has 5 heterocycles. The number of fused-ring (bicyclic) bond motifs is 3. The number of anilines is 1. The van der Waals surface area contributed by atoms with Crippen LogP contribution in [-0.4, -0.2) is 108 Å². The average molecular weight is 889 g/mol. The molecule has 0 bridgehead atoms. The van der Waals surface area contributed by atoms with Crippen molar-refractivity contribution in [1.82, 2.24) is 25.2 Å². The molecule has 3 fully saturated rings.